The minimum absolute atomic E-state index is 0.259. The molecule has 2 aliphatic rings. The molecule has 3 unspecified atom stereocenters. The molecule has 15 heavy (non-hydrogen) atoms. The zero-order chi connectivity index (χ0) is 10.5. The highest BCUT2D eigenvalue weighted by Gasteiger charge is 2.23. The van der Waals surface area contributed by atoms with Gasteiger partial charge in [0.25, 0.3) is 0 Å². The van der Waals surface area contributed by atoms with E-state index in [9.17, 15) is 0 Å². The van der Waals surface area contributed by atoms with Gasteiger partial charge in [-0.3, -0.25) is 0 Å². The fourth-order valence-electron chi connectivity index (χ4n) is 2.48. The minimum Gasteiger partial charge on any atom is -0.381 e. The summed E-state index contributed by atoms with van der Waals surface area (Å²) < 4.78 is 11.3. The summed E-state index contributed by atoms with van der Waals surface area (Å²) in [6.45, 7) is 2.63. The molecule has 0 amide bonds. The molecular formula is C12H23NO2. The highest BCUT2D eigenvalue weighted by Crippen LogP contribution is 2.21. The molecule has 0 aromatic carbocycles. The van der Waals surface area contributed by atoms with E-state index in [4.69, 9.17) is 15.2 Å². The van der Waals surface area contributed by atoms with Crippen molar-refractivity contribution in [1.82, 2.24) is 0 Å². The van der Waals surface area contributed by atoms with Crippen LogP contribution in [0.5, 0.6) is 0 Å². The van der Waals surface area contributed by atoms with Crippen LogP contribution in [0.25, 0.3) is 0 Å². The molecule has 1 heterocycles. The van der Waals surface area contributed by atoms with Gasteiger partial charge in [-0.25, -0.2) is 0 Å². The van der Waals surface area contributed by atoms with Crippen LogP contribution in [0, 0.1) is 5.92 Å². The van der Waals surface area contributed by atoms with E-state index in [0.717, 1.165) is 39.1 Å². The van der Waals surface area contributed by atoms with Gasteiger partial charge in [-0.05, 0) is 19.3 Å². The fourth-order valence-corrected chi connectivity index (χ4v) is 2.48. The molecule has 2 N–H and O–H groups in total. The van der Waals surface area contributed by atoms with E-state index < -0.39 is 0 Å². The molecule has 0 bridgehead atoms. The lowest BCUT2D eigenvalue weighted by Crippen LogP contribution is -2.36. The predicted molar refractivity (Wildman–Crippen MR) is 59.7 cm³/mol. The molecule has 88 valence electrons. The van der Waals surface area contributed by atoms with Crippen LogP contribution in [0.1, 0.15) is 38.5 Å². The van der Waals surface area contributed by atoms with E-state index in [0.29, 0.717) is 12.0 Å². The van der Waals surface area contributed by atoms with Crippen molar-refractivity contribution in [2.24, 2.45) is 11.7 Å². The Kier molecular flexibility index (Phi) is 4.42. The van der Waals surface area contributed by atoms with Crippen LogP contribution in [-0.2, 0) is 9.47 Å². The Morgan fingerprint density at radius 2 is 2.00 bits per heavy atom. The summed E-state index contributed by atoms with van der Waals surface area (Å²) in [5.41, 5.74) is 6.11. The molecule has 0 radical (unpaired) electrons. The second-order valence-electron chi connectivity index (χ2n) is 4.90. The van der Waals surface area contributed by atoms with Gasteiger partial charge >= 0.3 is 0 Å². The second-order valence-corrected chi connectivity index (χ2v) is 4.90. The average Bonchev–Trinajstić information content (AvgIpc) is 2.67. The van der Waals surface area contributed by atoms with E-state index in [1.807, 2.05) is 0 Å². The van der Waals surface area contributed by atoms with Crippen molar-refractivity contribution >= 4 is 0 Å². The Bertz CT molecular complexity index is 180. The number of rotatable bonds is 3. The molecule has 3 heteroatoms. The largest absolute Gasteiger partial charge is 0.381 e. The van der Waals surface area contributed by atoms with Crippen molar-refractivity contribution in [1.29, 1.82) is 0 Å². The SMILES string of the molecule is NC1CCCCCC1OCC1CCOC1. The highest BCUT2D eigenvalue weighted by molar-refractivity contribution is 4.77. The normalized spacial score (nSPS) is 37.8. The minimum atomic E-state index is 0.259. The van der Waals surface area contributed by atoms with Crippen LogP contribution in [0.4, 0.5) is 0 Å². The van der Waals surface area contributed by atoms with E-state index in [-0.39, 0.29) is 6.04 Å². The van der Waals surface area contributed by atoms with Crippen molar-refractivity contribution < 1.29 is 9.47 Å². The van der Waals surface area contributed by atoms with Gasteiger partial charge in [0, 0.05) is 18.6 Å². The summed E-state index contributed by atoms with van der Waals surface area (Å²) >= 11 is 0. The first-order valence-corrected chi connectivity index (χ1v) is 6.31. The van der Waals surface area contributed by atoms with E-state index in [1.165, 1.54) is 19.3 Å². The summed E-state index contributed by atoms with van der Waals surface area (Å²) in [7, 11) is 0. The van der Waals surface area contributed by atoms with Gasteiger partial charge < -0.3 is 15.2 Å². The lowest BCUT2D eigenvalue weighted by Gasteiger charge is -2.23. The fraction of sp³-hybridized carbons (Fsp3) is 1.00. The number of ether oxygens (including phenoxy) is 2. The quantitative estimate of drug-likeness (QED) is 0.726. The van der Waals surface area contributed by atoms with E-state index >= 15 is 0 Å². The Hall–Kier alpha value is -0.120. The summed E-state index contributed by atoms with van der Waals surface area (Å²) in [4.78, 5) is 0. The smallest absolute Gasteiger partial charge is 0.0726 e. The van der Waals surface area contributed by atoms with Crippen molar-refractivity contribution in [3.63, 3.8) is 0 Å². The van der Waals surface area contributed by atoms with Gasteiger partial charge in [-0.1, -0.05) is 19.3 Å². The van der Waals surface area contributed by atoms with Crippen LogP contribution in [0.15, 0.2) is 0 Å². The summed E-state index contributed by atoms with van der Waals surface area (Å²) in [6.07, 6.45) is 7.60. The molecule has 2 fully saturated rings. The Labute approximate surface area is 92.3 Å². The molecule has 3 nitrogen and oxygen atoms in total. The first kappa shape index (κ1) is 11.4. The maximum atomic E-state index is 6.11. The van der Waals surface area contributed by atoms with Crippen LogP contribution in [0.2, 0.25) is 0 Å². The molecule has 0 aromatic rings. The van der Waals surface area contributed by atoms with Gasteiger partial charge in [0.05, 0.1) is 19.3 Å². The predicted octanol–water partition coefficient (Wildman–Crippen LogP) is 1.70. The molecule has 1 saturated heterocycles. The topological polar surface area (TPSA) is 44.5 Å². The van der Waals surface area contributed by atoms with Crippen LogP contribution in [-0.4, -0.2) is 32.0 Å². The number of hydrogen-bond acceptors (Lipinski definition) is 3. The monoisotopic (exact) mass is 213 g/mol. The Morgan fingerprint density at radius 1 is 1.13 bits per heavy atom. The molecular weight excluding hydrogens is 190 g/mol. The van der Waals surface area contributed by atoms with Crippen molar-refractivity contribution in [2.75, 3.05) is 19.8 Å². The lowest BCUT2D eigenvalue weighted by molar-refractivity contribution is 0.00817. The third kappa shape index (κ3) is 3.44. The van der Waals surface area contributed by atoms with Crippen molar-refractivity contribution in [3.8, 4) is 0 Å². The molecule has 2 rings (SSSR count). The van der Waals surface area contributed by atoms with Crippen molar-refractivity contribution in [3.05, 3.63) is 0 Å². The maximum Gasteiger partial charge on any atom is 0.0726 e. The highest BCUT2D eigenvalue weighted by atomic mass is 16.5. The van der Waals surface area contributed by atoms with E-state index in [1.54, 1.807) is 0 Å². The van der Waals surface area contributed by atoms with Crippen LogP contribution < -0.4 is 5.73 Å². The lowest BCUT2D eigenvalue weighted by atomic mass is 10.1. The number of nitrogens with two attached hydrogens (primary N) is 1. The summed E-state index contributed by atoms with van der Waals surface area (Å²) in [5.74, 6) is 0.612. The molecule has 0 aromatic heterocycles. The second kappa shape index (κ2) is 5.83. The van der Waals surface area contributed by atoms with Gasteiger partial charge in [0.1, 0.15) is 0 Å². The molecule has 1 aliphatic heterocycles. The standard InChI is InChI=1S/C12H23NO2/c13-11-4-2-1-3-5-12(11)15-9-10-6-7-14-8-10/h10-12H,1-9,13H2. The van der Waals surface area contributed by atoms with Crippen molar-refractivity contribution in [2.45, 2.75) is 50.7 Å². The molecule has 1 saturated carbocycles. The third-order valence-corrected chi connectivity index (χ3v) is 3.57. The first-order valence-electron chi connectivity index (χ1n) is 6.31. The Morgan fingerprint density at radius 3 is 2.80 bits per heavy atom. The molecule has 3 atom stereocenters. The van der Waals surface area contributed by atoms with Gasteiger partial charge in [-0.15, -0.1) is 0 Å². The zero-order valence-corrected chi connectivity index (χ0v) is 9.49. The first-order chi connectivity index (χ1) is 7.36. The Balaban J connectivity index is 1.71. The maximum absolute atomic E-state index is 6.11. The van der Waals surface area contributed by atoms with Gasteiger partial charge in [-0.2, -0.15) is 0 Å². The van der Waals surface area contributed by atoms with Gasteiger partial charge in [0.15, 0.2) is 0 Å². The summed E-state index contributed by atoms with van der Waals surface area (Å²) in [6, 6.07) is 0.259. The molecule has 1 aliphatic carbocycles. The molecule has 0 spiro atoms. The van der Waals surface area contributed by atoms with Crippen LogP contribution >= 0.6 is 0 Å². The number of hydrogen-bond donors (Lipinski definition) is 1. The zero-order valence-electron chi connectivity index (χ0n) is 9.49. The van der Waals surface area contributed by atoms with Crippen LogP contribution in [0.3, 0.4) is 0 Å². The van der Waals surface area contributed by atoms with E-state index in [2.05, 4.69) is 0 Å². The van der Waals surface area contributed by atoms with Gasteiger partial charge in [0.2, 0.25) is 0 Å². The average molecular weight is 213 g/mol. The third-order valence-electron chi connectivity index (χ3n) is 3.57. The summed E-state index contributed by atoms with van der Waals surface area (Å²) in [5, 5.41) is 0.